The van der Waals surface area contributed by atoms with E-state index in [-0.39, 0.29) is 10.7 Å². The van der Waals surface area contributed by atoms with E-state index >= 15 is 0 Å². The molecule has 0 aliphatic rings. The monoisotopic (exact) mass is 235 g/mol. The van der Waals surface area contributed by atoms with Crippen LogP contribution >= 0.6 is 11.6 Å². The predicted octanol–water partition coefficient (Wildman–Crippen LogP) is 1.65. The molecule has 2 rings (SSSR count). The Balaban J connectivity index is 2.34. The molecule has 4 nitrogen and oxygen atoms in total. The van der Waals surface area contributed by atoms with Crippen LogP contribution in [0.15, 0.2) is 35.4 Å². The number of hydrogen-bond acceptors (Lipinski definition) is 3. The van der Waals surface area contributed by atoms with Gasteiger partial charge in [-0.15, -0.1) is 0 Å². The molecule has 82 valence electrons. The molecule has 0 aromatic carbocycles. The predicted molar refractivity (Wildman–Crippen MR) is 61.6 cm³/mol. The van der Waals surface area contributed by atoms with Crippen LogP contribution < -0.4 is 5.56 Å². The zero-order valence-electron chi connectivity index (χ0n) is 8.72. The van der Waals surface area contributed by atoms with Crippen molar-refractivity contribution in [3.05, 3.63) is 57.5 Å². The molecule has 0 aliphatic heterocycles. The van der Waals surface area contributed by atoms with E-state index in [0.717, 1.165) is 11.4 Å². The van der Waals surface area contributed by atoms with E-state index in [2.05, 4.69) is 9.97 Å². The molecule has 0 unspecified atom stereocenters. The fraction of sp³-hybridized carbons (Fsp3) is 0.182. The second-order valence-corrected chi connectivity index (χ2v) is 3.78. The maximum absolute atomic E-state index is 11.6. The van der Waals surface area contributed by atoms with E-state index in [0.29, 0.717) is 6.54 Å². The molecule has 0 saturated heterocycles. The highest BCUT2D eigenvalue weighted by molar-refractivity contribution is 6.29. The normalized spacial score (nSPS) is 10.4. The molecule has 0 aliphatic carbocycles. The number of halogens is 1. The topological polar surface area (TPSA) is 47.8 Å². The number of nitrogens with zero attached hydrogens (tertiary/aromatic N) is 3. The Morgan fingerprint density at radius 1 is 1.44 bits per heavy atom. The summed E-state index contributed by atoms with van der Waals surface area (Å²) in [5.74, 6) is 0. The summed E-state index contributed by atoms with van der Waals surface area (Å²) >= 11 is 5.65. The van der Waals surface area contributed by atoms with Crippen LogP contribution in [0.4, 0.5) is 0 Å². The highest BCUT2D eigenvalue weighted by Gasteiger charge is 2.03. The summed E-state index contributed by atoms with van der Waals surface area (Å²) in [5.41, 5.74) is 1.45. The zero-order chi connectivity index (χ0) is 11.5. The Kier molecular flexibility index (Phi) is 3.01. The summed E-state index contributed by atoms with van der Waals surface area (Å²) in [5, 5.41) is -0.0184. The lowest BCUT2D eigenvalue weighted by Crippen LogP contribution is -2.21. The molecular weight excluding hydrogens is 226 g/mol. The second-order valence-electron chi connectivity index (χ2n) is 3.42. The molecule has 2 aromatic heterocycles. The van der Waals surface area contributed by atoms with Crippen LogP contribution in [0.5, 0.6) is 0 Å². The maximum atomic E-state index is 11.6. The van der Waals surface area contributed by atoms with Crippen LogP contribution in [0.25, 0.3) is 0 Å². The van der Waals surface area contributed by atoms with E-state index < -0.39 is 0 Å². The number of pyridine rings is 1. The summed E-state index contributed by atoms with van der Waals surface area (Å²) < 4.78 is 1.48. The fourth-order valence-corrected chi connectivity index (χ4v) is 1.57. The van der Waals surface area contributed by atoms with Gasteiger partial charge < -0.3 is 4.57 Å². The molecule has 0 amide bonds. The highest BCUT2D eigenvalue weighted by atomic mass is 35.5. The molecule has 0 bridgehead atoms. The van der Waals surface area contributed by atoms with Crippen molar-refractivity contribution in [3.8, 4) is 0 Å². The van der Waals surface area contributed by atoms with Crippen molar-refractivity contribution in [3.63, 3.8) is 0 Å². The minimum atomic E-state index is -0.299. The molecule has 0 fully saturated rings. The van der Waals surface area contributed by atoms with Crippen LogP contribution in [-0.4, -0.2) is 14.5 Å². The molecule has 2 heterocycles. The van der Waals surface area contributed by atoms with Crippen molar-refractivity contribution in [2.75, 3.05) is 0 Å². The number of hydrogen-bond donors (Lipinski definition) is 0. The molecule has 0 atom stereocenters. The molecule has 5 heteroatoms. The summed E-state index contributed by atoms with van der Waals surface area (Å²) in [6, 6.07) is 5.69. The average molecular weight is 236 g/mol. The first-order chi connectivity index (χ1) is 7.66. The van der Waals surface area contributed by atoms with Gasteiger partial charge in [0.05, 0.1) is 12.2 Å². The Morgan fingerprint density at radius 2 is 2.25 bits per heavy atom. The summed E-state index contributed by atoms with van der Waals surface area (Å²) in [6.45, 7) is 2.31. The van der Waals surface area contributed by atoms with E-state index in [1.165, 1.54) is 10.8 Å². The van der Waals surface area contributed by atoms with Gasteiger partial charge in [-0.2, -0.15) is 0 Å². The zero-order valence-corrected chi connectivity index (χ0v) is 9.48. The van der Waals surface area contributed by atoms with E-state index in [9.17, 15) is 4.79 Å². The Bertz CT molecular complexity index is 565. The first-order valence-corrected chi connectivity index (χ1v) is 5.18. The summed E-state index contributed by atoms with van der Waals surface area (Å²) in [6.07, 6.45) is 3.09. The smallest absolute Gasteiger partial charge is 0.288 e. The third-order valence-corrected chi connectivity index (χ3v) is 2.41. The molecule has 0 spiro atoms. The van der Waals surface area contributed by atoms with Crippen molar-refractivity contribution >= 4 is 11.6 Å². The number of rotatable bonds is 2. The first kappa shape index (κ1) is 10.8. The lowest BCUT2D eigenvalue weighted by molar-refractivity contribution is 0.727. The van der Waals surface area contributed by atoms with E-state index in [4.69, 9.17) is 11.6 Å². The van der Waals surface area contributed by atoms with E-state index in [1.54, 1.807) is 6.20 Å². The van der Waals surface area contributed by atoms with Gasteiger partial charge in [-0.3, -0.25) is 9.78 Å². The van der Waals surface area contributed by atoms with Gasteiger partial charge in [0.2, 0.25) is 0 Å². The van der Waals surface area contributed by atoms with Gasteiger partial charge >= 0.3 is 0 Å². The van der Waals surface area contributed by atoms with Gasteiger partial charge in [0, 0.05) is 18.1 Å². The van der Waals surface area contributed by atoms with Crippen molar-refractivity contribution in [1.82, 2.24) is 14.5 Å². The van der Waals surface area contributed by atoms with Gasteiger partial charge in [-0.25, -0.2) is 4.98 Å². The fourth-order valence-electron chi connectivity index (χ4n) is 1.41. The standard InChI is InChI=1S/C11H10ClN3O/c1-8-3-2-4-9(14-8)7-15-6-5-13-10(12)11(15)16/h2-6H,7H2,1H3. The SMILES string of the molecule is Cc1cccc(Cn2ccnc(Cl)c2=O)n1. The van der Waals surface area contributed by atoms with E-state index in [1.807, 2.05) is 25.1 Å². The third-order valence-electron chi connectivity index (χ3n) is 2.15. The first-order valence-electron chi connectivity index (χ1n) is 4.80. The van der Waals surface area contributed by atoms with Crippen LogP contribution in [-0.2, 0) is 6.54 Å². The quantitative estimate of drug-likeness (QED) is 0.795. The van der Waals surface area contributed by atoms with Crippen LogP contribution in [0.3, 0.4) is 0 Å². The molecule has 0 N–H and O–H groups in total. The minimum Gasteiger partial charge on any atom is -0.305 e. The molecule has 16 heavy (non-hydrogen) atoms. The average Bonchev–Trinajstić information content (AvgIpc) is 2.25. The van der Waals surface area contributed by atoms with Gasteiger partial charge in [0.1, 0.15) is 0 Å². The Hall–Kier alpha value is -1.68. The van der Waals surface area contributed by atoms with Gasteiger partial charge in [-0.1, -0.05) is 17.7 Å². The van der Waals surface area contributed by atoms with Gasteiger partial charge in [-0.05, 0) is 19.1 Å². The van der Waals surface area contributed by atoms with Crippen LogP contribution in [0, 0.1) is 6.92 Å². The van der Waals surface area contributed by atoms with Crippen LogP contribution in [0.1, 0.15) is 11.4 Å². The van der Waals surface area contributed by atoms with Gasteiger partial charge in [0.15, 0.2) is 5.15 Å². The Labute approximate surface area is 97.6 Å². The lowest BCUT2D eigenvalue weighted by atomic mass is 10.3. The Morgan fingerprint density at radius 3 is 3.00 bits per heavy atom. The van der Waals surface area contributed by atoms with Crippen molar-refractivity contribution in [2.45, 2.75) is 13.5 Å². The summed E-state index contributed by atoms with van der Waals surface area (Å²) in [4.78, 5) is 19.6. The molecular formula is C11H10ClN3O. The minimum absolute atomic E-state index is 0.0184. The summed E-state index contributed by atoms with van der Waals surface area (Å²) in [7, 11) is 0. The largest absolute Gasteiger partial charge is 0.305 e. The van der Waals surface area contributed by atoms with Gasteiger partial charge in [0.25, 0.3) is 5.56 Å². The number of aromatic nitrogens is 3. The lowest BCUT2D eigenvalue weighted by Gasteiger charge is -2.05. The van der Waals surface area contributed by atoms with Crippen LogP contribution in [0.2, 0.25) is 5.15 Å². The van der Waals surface area contributed by atoms with Crippen molar-refractivity contribution in [1.29, 1.82) is 0 Å². The molecule has 2 aromatic rings. The molecule has 0 radical (unpaired) electrons. The molecule has 0 saturated carbocycles. The van der Waals surface area contributed by atoms with Crippen molar-refractivity contribution in [2.24, 2.45) is 0 Å². The number of aryl methyl sites for hydroxylation is 1. The van der Waals surface area contributed by atoms with Crippen molar-refractivity contribution < 1.29 is 0 Å². The highest BCUT2D eigenvalue weighted by Crippen LogP contribution is 2.01. The second kappa shape index (κ2) is 4.45. The third kappa shape index (κ3) is 2.28. The maximum Gasteiger partial charge on any atom is 0.288 e.